The van der Waals surface area contributed by atoms with Crippen molar-refractivity contribution in [1.29, 1.82) is 0 Å². The lowest BCUT2D eigenvalue weighted by Gasteiger charge is -2.10. The van der Waals surface area contributed by atoms with Crippen LogP contribution in [-0.4, -0.2) is 12.9 Å². The highest BCUT2D eigenvalue weighted by molar-refractivity contribution is 5.96. The maximum absolute atomic E-state index is 11.2. The Hall–Kier alpha value is -1.31. The molecule has 0 aliphatic heterocycles. The Kier molecular flexibility index (Phi) is 3.28. The summed E-state index contributed by atoms with van der Waals surface area (Å²) in [6, 6.07) is 5.74. The predicted molar refractivity (Wildman–Crippen MR) is 57.1 cm³/mol. The van der Waals surface area contributed by atoms with E-state index in [-0.39, 0.29) is 5.78 Å². The van der Waals surface area contributed by atoms with Gasteiger partial charge in [0.2, 0.25) is 0 Å². The minimum Gasteiger partial charge on any atom is -0.496 e. The van der Waals surface area contributed by atoms with Gasteiger partial charge >= 0.3 is 0 Å². The van der Waals surface area contributed by atoms with Crippen molar-refractivity contribution in [3.05, 3.63) is 29.3 Å². The highest BCUT2D eigenvalue weighted by Crippen LogP contribution is 2.24. The van der Waals surface area contributed by atoms with Gasteiger partial charge in [-0.05, 0) is 30.5 Å². The number of benzene rings is 1. The number of hydrogen-bond donors (Lipinski definition) is 0. The quantitative estimate of drug-likeness (QED) is 0.688. The van der Waals surface area contributed by atoms with Gasteiger partial charge in [-0.25, -0.2) is 0 Å². The molecule has 0 spiro atoms. The molecule has 0 unspecified atom stereocenters. The molecule has 0 radical (unpaired) electrons. The first-order valence-electron chi connectivity index (χ1n) is 4.75. The number of carbonyl (C=O) groups excluding carboxylic acids is 1. The second-order valence-electron chi connectivity index (χ2n) is 3.67. The van der Waals surface area contributed by atoms with Crippen molar-refractivity contribution in [3.63, 3.8) is 0 Å². The van der Waals surface area contributed by atoms with E-state index in [0.29, 0.717) is 17.2 Å². The zero-order chi connectivity index (χ0) is 10.7. The summed E-state index contributed by atoms with van der Waals surface area (Å²) in [6.07, 6.45) is 0. The molecule has 0 bridgehead atoms. The zero-order valence-electron chi connectivity index (χ0n) is 9.13. The predicted octanol–water partition coefficient (Wildman–Crippen LogP) is 3.02. The average molecular weight is 192 g/mol. The Morgan fingerprint density at radius 1 is 1.36 bits per heavy atom. The largest absolute Gasteiger partial charge is 0.496 e. The minimum atomic E-state index is 0.0390. The Bertz CT molecular complexity index is 340. The SMILES string of the molecule is COc1cc(C(C)C)ccc1C(C)=O. The summed E-state index contributed by atoms with van der Waals surface area (Å²) in [7, 11) is 1.59. The normalized spacial score (nSPS) is 10.4. The van der Waals surface area contributed by atoms with E-state index < -0.39 is 0 Å². The molecule has 0 aliphatic rings. The van der Waals surface area contributed by atoms with Gasteiger partial charge in [-0.2, -0.15) is 0 Å². The molecular weight excluding hydrogens is 176 g/mol. The third-order valence-corrected chi connectivity index (χ3v) is 2.27. The lowest BCUT2D eigenvalue weighted by atomic mass is 10.00. The number of carbonyl (C=O) groups is 1. The van der Waals surface area contributed by atoms with Crippen LogP contribution in [0.15, 0.2) is 18.2 Å². The van der Waals surface area contributed by atoms with Crippen LogP contribution in [0, 0.1) is 0 Å². The van der Waals surface area contributed by atoms with E-state index >= 15 is 0 Å². The molecule has 76 valence electrons. The molecule has 0 saturated heterocycles. The molecule has 2 heteroatoms. The minimum absolute atomic E-state index is 0.0390. The van der Waals surface area contributed by atoms with Crippen LogP contribution in [0.2, 0.25) is 0 Å². The monoisotopic (exact) mass is 192 g/mol. The molecule has 1 aromatic carbocycles. The van der Waals surface area contributed by atoms with Gasteiger partial charge in [0, 0.05) is 0 Å². The van der Waals surface area contributed by atoms with Crippen LogP contribution >= 0.6 is 0 Å². The van der Waals surface area contributed by atoms with Crippen molar-refractivity contribution < 1.29 is 9.53 Å². The Balaban J connectivity index is 3.18. The van der Waals surface area contributed by atoms with E-state index in [9.17, 15) is 4.79 Å². The number of rotatable bonds is 3. The van der Waals surface area contributed by atoms with Crippen molar-refractivity contribution in [2.24, 2.45) is 0 Å². The fourth-order valence-corrected chi connectivity index (χ4v) is 1.36. The second-order valence-corrected chi connectivity index (χ2v) is 3.67. The summed E-state index contributed by atoms with van der Waals surface area (Å²) < 4.78 is 5.18. The third kappa shape index (κ3) is 2.13. The lowest BCUT2D eigenvalue weighted by molar-refractivity contribution is 0.101. The van der Waals surface area contributed by atoms with E-state index in [0.717, 1.165) is 0 Å². The first kappa shape index (κ1) is 10.8. The van der Waals surface area contributed by atoms with Gasteiger partial charge < -0.3 is 4.74 Å². The second kappa shape index (κ2) is 4.27. The van der Waals surface area contributed by atoms with Gasteiger partial charge in [0.1, 0.15) is 5.75 Å². The van der Waals surface area contributed by atoms with Gasteiger partial charge in [0.25, 0.3) is 0 Å². The Morgan fingerprint density at radius 3 is 2.43 bits per heavy atom. The van der Waals surface area contributed by atoms with Gasteiger partial charge in [-0.15, -0.1) is 0 Å². The first-order valence-corrected chi connectivity index (χ1v) is 4.75. The summed E-state index contributed by atoms with van der Waals surface area (Å²) in [4.78, 5) is 11.2. The van der Waals surface area contributed by atoms with Gasteiger partial charge in [-0.1, -0.05) is 19.9 Å². The van der Waals surface area contributed by atoms with Gasteiger partial charge in [-0.3, -0.25) is 4.79 Å². The number of hydrogen-bond acceptors (Lipinski definition) is 2. The van der Waals surface area contributed by atoms with Crippen LogP contribution in [-0.2, 0) is 0 Å². The Morgan fingerprint density at radius 2 is 2.00 bits per heavy atom. The first-order chi connectivity index (χ1) is 6.56. The van der Waals surface area contributed by atoms with Crippen LogP contribution < -0.4 is 4.74 Å². The van der Waals surface area contributed by atoms with Crippen LogP contribution in [0.5, 0.6) is 5.75 Å². The molecule has 0 aliphatic carbocycles. The third-order valence-electron chi connectivity index (χ3n) is 2.27. The molecule has 0 aromatic heterocycles. The fraction of sp³-hybridized carbons (Fsp3) is 0.417. The number of Topliss-reactive ketones (excluding diaryl/α,β-unsaturated/α-hetero) is 1. The maximum Gasteiger partial charge on any atom is 0.163 e. The lowest BCUT2D eigenvalue weighted by Crippen LogP contribution is -1.99. The molecule has 14 heavy (non-hydrogen) atoms. The van der Waals surface area contributed by atoms with E-state index in [1.807, 2.05) is 18.2 Å². The molecule has 1 rings (SSSR count). The standard InChI is InChI=1S/C12H16O2/c1-8(2)10-5-6-11(9(3)13)12(7-10)14-4/h5-8H,1-4H3. The highest BCUT2D eigenvalue weighted by Gasteiger charge is 2.09. The average Bonchev–Trinajstić information content (AvgIpc) is 2.16. The van der Waals surface area contributed by atoms with Crippen LogP contribution in [0.4, 0.5) is 0 Å². The molecule has 2 nitrogen and oxygen atoms in total. The van der Waals surface area contributed by atoms with Crippen molar-refractivity contribution in [3.8, 4) is 5.75 Å². The highest BCUT2D eigenvalue weighted by atomic mass is 16.5. The maximum atomic E-state index is 11.2. The smallest absolute Gasteiger partial charge is 0.163 e. The van der Waals surface area contributed by atoms with E-state index in [1.54, 1.807) is 14.0 Å². The van der Waals surface area contributed by atoms with Crippen LogP contribution in [0.1, 0.15) is 42.6 Å². The fourth-order valence-electron chi connectivity index (χ4n) is 1.36. The number of methoxy groups -OCH3 is 1. The molecule has 1 aromatic rings. The molecule has 0 saturated carbocycles. The van der Waals surface area contributed by atoms with E-state index in [2.05, 4.69) is 13.8 Å². The molecule has 0 fully saturated rings. The summed E-state index contributed by atoms with van der Waals surface area (Å²) in [5.74, 6) is 1.16. The number of ketones is 1. The summed E-state index contributed by atoms with van der Waals surface area (Å²) in [5, 5.41) is 0. The molecule has 0 amide bonds. The van der Waals surface area contributed by atoms with Crippen molar-refractivity contribution in [2.45, 2.75) is 26.7 Å². The molecular formula is C12H16O2. The molecule has 0 heterocycles. The Labute approximate surface area is 84.9 Å². The van der Waals surface area contributed by atoms with Crippen molar-refractivity contribution in [2.75, 3.05) is 7.11 Å². The van der Waals surface area contributed by atoms with Gasteiger partial charge in [0.15, 0.2) is 5.78 Å². The van der Waals surface area contributed by atoms with Crippen molar-refractivity contribution >= 4 is 5.78 Å². The molecule has 0 N–H and O–H groups in total. The summed E-state index contributed by atoms with van der Waals surface area (Å²) in [6.45, 7) is 5.78. The van der Waals surface area contributed by atoms with Crippen LogP contribution in [0.3, 0.4) is 0 Å². The topological polar surface area (TPSA) is 26.3 Å². The summed E-state index contributed by atoms with van der Waals surface area (Å²) in [5.41, 5.74) is 1.84. The van der Waals surface area contributed by atoms with Gasteiger partial charge in [0.05, 0.1) is 12.7 Å². The van der Waals surface area contributed by atoms with Crippen LogP contribution in [0.25, 0.3) is 0 Å². The summed E-state index contributed by atoms with van der Waals surface area (Å²) >= 11 is 0. The van der Waals surface area contributed by atoms with Crippen molar-refractivity contribution in [1.82, 2.24) is 0 Å². The van der Waals surface area contributed by atoms with E-state index in [4.69, 9.17) is 4.74 Å². The zero-order valence-corrected chi connectivity index (χ0v) is 9.13. The number of ether oxygens (including phenoxy) is 1. The molecule has 0 atom stereocenters. The van der Waals surface area contributed by atoms with E-state index in [1.165, 1.54) is 5.56 Å².